The van der Waals surface area contributed by atoms with Crippen LogP contribution in [0.3, 0.4) is 0 Å². The fourth-order valence-corrected chi connectivity index (χ4v) is 5.91. The number of likely N-dealkylation sites (tertiary alicyclic amines) is 1. The van der Waals surface area contributed by atoms with Crippen molar-refractivity contribution < 1.29 is 19.5 Å². The third-order valence-electron chi connectivity index (χ3n) is 8.10. The predicted molar refractivity (Wildman–Crippen MR) is 127 cm³/mol. The summed E-state index contributed by atoms with van der Waals surface area (Å²) in [4.78, 5) is 40.5. The Morgan fingerprint density at radius 3 is 2.41 bits per heavy atom. The molecule has 1 aliphatic carbocycles. The van der Waals surface area contributed by atoms with Crippen LogP contribution in [0.15, 0.2) is 0 Å². The second kappa shape index (κ2) is 9.46. The van der Waals surface area contributed by atoms with E-state index in [1.54, 1.807) is 4.90 Å². The molecule has 8 atom stereocenters. The number of amides is 3. The highest BCUT2D eigenvalue weighted by molar-refractivity contribution is 5.94. The Labute approximate surface area is 203 Å². The summed E-state index contributed by atoms with van der Waals surface area (Å²) in [5, 5.41) is 28.8. The molecular weight excluding hydrogens is 434 g/mol. The van der Waals surface area contributed by atoms with Gasteiger partial charge in [0.1, 0.15) is 24.4 Å². The predicted octanol–water partition coefficient (Wildman–Crippen LogP) is 1.13. The lowest BCUT2D eigenvalue weighted by atomic mass is 9.85. The maximum Gasteiger partial charge on any atom is 0.246 e. The Morgan fingerprint density at radius 1 is 1.24 bits per heavy atom. The summed E-state index contributed by atoms with van der Waals surface area (Å²) in [6.07, 6.45) is 1.31. The molecule has 190 valence electrons. The Bertz CT molecular complexity index is 860. The Kier molecular flexibility index (Phi) is 7.35. The van der Waals surface area contributed by atoms with Crippen LogP contribution in [0.25, 0.3) is 0 Å². The first-order valence-corrected chi connectivity index (χ1v) is 12.4. The van der Waals surface area contributed by atoms with Gasteiger partial charge in [0.15, 0.2) is 0 Å². The van der Waals surface area contributed by atoms with Gasteiger partial charge in [0.25, 0.3) is 0 Å². The van der Waals surface area contributed by atoms with Crippen molar-refractivity contribution >= 4 is 17.7 Å². The maximum absolute atomic E-state index is 13.6. The molecule has 9 heteroatoms. The summed E-state index contributed by atoms with van der Waals surface area (Å²) < 4.78 is 0. The van der Waals surface area contributed by atoms with Gasteiger partial charge in [-0.25, -0.2) is 0 Å². The molecule has 3 fully saturated rings. The van der Waals surface area contributed by atoms with E-state index in [1.807, 2.05) is 27.7 Å². The number of fused-ring (bicyclic) bond motifs is 1. The summed E-state index contributed by atoms with van der Waals surface area (Å²) >= 11 is 0. The van der Waals surface area contributed by atoms with Crippen LogP contribution >= 0.6 is 0 Å². The van der Waals surface area contributed by atoms with E-state index in [0.717, 1.165) is 12.8 Å². The molecule has 2 aliphatic heterocycles. The van der Waals surface area contributed by atoms with Gasteiger partial charge in [-0.05, 0) is 48.9 Å². The Hall–Kier alpha value is -2.18. The zero-order chi connectivity index (χ0) is 25.6. The summed E-state index contributed by atoms with van der Waals surface area (Å²) in [5.74, 6) is -0.802. The molecule has 3 rings (SSSR count). The smallest absolute Gasteiger partial charge is 0.246 e. The number of piperidine rings is 2. The standard InChI is InChI=1S/C25H41N5O4/c1-13-8-9-15(21(32)27-13)10-16(11-26)29-22(33)19-18-17(25(18,6)7)12-30(19)23(34)20(24(3,4)5)28-14(2)31/h13,15-21,27,32H,8-10,12H2,1-7H3,(H,28,31)(H,29,33)/t13-,15+,16+,17+,18+,19+,20-,21?/m1/s1. The molecule has 2 heterocycles. The average molecular weight is 476 g/mol. The SMILES string of the molecule is CC(=O)N[C@H](C(=O)N1C[C@H]2[C@@H]([C@H]1C(=O)N[C@H](C#N)C[C@@H]1CC[C@@H](C)NC1O)C2(C)C)C(C)(C)C. The molecule has 0 aromatic rings. The number of carbonyl (C=O) groups is 3. The minimum atomic E-state index is -0.756. The zero-order valence-corrected chi connectivity index (χ0v) is 21.5. The van der Waals surface area contributed by atoms with E-state index in [-0.39, 0.29) is 46.9 Å². The third kappa shape index (κ3) is 5.23. The molecule has 0 aromatic heterocycles. The fraction of sp³-hybridized carbons (Fsp3) is 0.840. The fourth-order valence-electron chi connectivity index (χ4n) is 5.91. The molecule has 3 amide bonds. The van der Waals surface area contributed by atoms with Crippen LogP contribution in [0.5, 0.6) is 0 Å². The molecule has 1 unspecified atom stereocenters. The van der Waals surface area contributed by atoms with Gasteiger partial charge in [0.2, 0.25) is 17.7 Å². The quantitative estimate of drug-likeness (QED) is 0.455. The maximum atomic E-state index is 13.6. The molecule has 1 saturated carbocycles. The highest BCUT2D eigenvalue weighted by Gasteiger charge is 2.69. The van der Waals surface area contributed by atoms with Gasteiger partial charge in [-0.15, -0.1) is 0 Å². The van der Waals surface area contributed by atoms with E-state index < -0.39 is 29.8 Å². The van der Waals surface area contributed by atoms with Crippen molar-refractivity contribution in [2.75, 3.05) is 6.54 Å². The van der Waals surface area contributed by atoms with Crippen molar-refractivity contribution in [3.63, 3.8) is 0 Å². The number of aliphatic hydroxyl groups excluding tert-OH is 1. The summed E-state index contributed by atoms with van der Waals surface area (Å²) in [6.45, 7) is 13.7. The number of hydrogen-bond donors (Lipinski definition) is 4. The Balaban J connectivity index is 1.76. The molecule has 3 aliphatic rings. The monoisotopic (exact) mass is 475 g/mol. The number of rotatable bonds is 6. The van der Waals surface area contributed by atoms with E-state index >= 15 is 0 Å². The van der Waals surface area contributed by atoms with Crippen molar-refractivity contribution in [3.05, 3.63) is 0 Å². The van der Waals surface area contributed by atoms with Gasteiger partial charge in [-0.2, -0.15) is 5.26 Å². The minimum Gasteiger partial charge on any atom is -0.378 e. The Morgan fingerprint density at radius 2 is 1.88 bits per heavy atom. The number of hydrogen-bond acceptors (Lipinski definition) is 6. The van der Waals surface area contributed by atoms with Crippen molar-refractivity contribution in [1.29, 1.82) is 5.26 Å². The van der Waals surface area contributed by atoms with Gasteiger partial charge in [-0.3, -0.25) is 19.7 Å². The highest BCUT2D eigenvalue weighted by atomic mass is 16.3. The molecule has 4 N–H and O–H groups in total. The van der Waals surface area contributed by atoms with E-state index in [0.29, 0.717) is 13.0 Å². The van der Waals surface area contributed by atoms with Gasteiger partial charge >= 0.3 is 0 Å². The molecule has 0 radical (unpaired) electrons. The third-order valence-corrected chi connectivity index (χ3v) is 8.10. The van der Waals surface area contributed by atoms with Gasteiger partial charge in [0.05, 0.1) is 6.07 Å². The second-order valence-electron chi connectivity index (χ2n) is 12.2. The van der Waals surface area contributed by atoms with Crippen molar-refractivity contribution in [3.8, 4) is 6.07 Å². The first-order chi connectivity index (χ1) is 15.7. The largest absolute Gasteiger partial charge is 0.378 e. The number of aliphatic hydroxyl groups is 1. The lowest BCUT2D eigenvalue weighted by Crippen LogP contribution is -2.59. The molecule has 34 heavy (non-hydrogen) atoms. The summed E-state index contributed by atoms with van der Waals surface area (Å²) in [6, 6.07) is 0.195. The van der Waals surface area contributed by atoms with E-state index in [9.17, 15) is 24.8 Å². The number of nitrogens with one attached hydrogen (secondary N) is 3. The highest BCUT2D eigenvalue weighted by Crippen LogP contribution is 2.65. The van der Waals surface area contributed by atoms with E-state index in [4.69, 9.17) is 0 Å². The molecule has 0 spiro atoms. The van der Waals surface area contributed by atoms with Crippen molar-refractivity contribution in [1.82, 2.24) is 20.9 Å². The molecule has 0 bridgehead atoms. The van der Waals surface area contributed by atoms with Crippen LogP contribution in [-0.2, 0) is 14.4 Å². The minimum absolute atomic E-state index is 0.0107. The van der Waals surface area contributed by atoms with Gasteiger partial charge < -0.3 is 20.6 Å². The van der Waals surface area contributed by atoms with Crippen LogP contribution < -0.4 is 16.0 Å². The van der Waals surface area contributed by atoms with Crippen LogP contribution in [-0.4, -0.2) is 64.7 Å². The van der Waals surface area contributed by atoms with E-state index in [2.05, 4.69) is 35.9 Å². The van der Waals surface area contributed by atoms with Gasteiger partial charge in [0, 0.05) is 25.4 Å². The topological polar surface area (TPSA) is 135 Å². The number of nitrogens with zero attached hydrogens (tertiary/aromatic N) is 2. The van der Waals surface area contributed by atoms with E-state index in [1.165, 1.54) is 6.92 Å². The first-order valence-electron chi connectivity index (χ1n) is 12.4. The lowest BCUT2D eigenvalue weighted by Gasteiger charge is -2.38. The summed E-state index contributed by atoms with van der Waals surface area (Å²) in [5.41, 5.74) is -0.589. The molecular formula is C25H41N5O4. The average Bonchev–Trinajstić information content (AvgIpc) is 3.07. The zero-order valence-electron chi connectivity index (χ0n) is 21.5. The second-order valence-corrected chi connectivity index (χ2v) is 12.2. The first kappa shape index (κ1) is 26.4. The number of nitriles is 1. The lowest BCUT2D eigenvalue weighted by molar-refractivity contribution is -0.145. The van der Waals surface area contributed by atoms with Crippen molar-refractivity contribution in [2.45, 2.75) is 98.1 Å². The normalized spacial score (nSPS) is 33.8. The number of carbonyl (C=O) groups excluding carboxylic acids is 3. The van der Waals surface area contributed by atoms with Crippen LogP contribution in [0.2, 0.25) is 0 Å². The molecule has 2 saturated heterocycles. The molecule has 9 nitrogen and oxygen atoms in total. The molecule has 0 aromatic carbocycles. The van der Waals surface area contributed by atoms with Crippen molar-refractivity contribution in [2.24, 2.45) is 28.6 Å². The van der Waals surface area contributed by atoms with Gasteiger partial charge in [-0.1, -0.05) is 34.6 Å². The van der Waals surface area contributed by atoms with Crippen LogP contribution in [0.1, 0.15) is 67.7 Å². The van der Waals surface area contributed by atoms with Crippen LogP contribution in [0, 0.1) is 39.9 Å². The summed E-state index contributed by atoms with van der Waals surface area (Å²) in [7, 11) is 0. The van der Waals surface area contributed by atoms with Crippen LogP contribution in [0.4, 0.5) is 0 Å².